The number of aromatic nitrogens is 1. The first-order chi connectivity index (χ1) is 9.39. The fourth-order valence-corrected chi connectivity index (χ4v) is 2.60. The van der Waals surface area contributed by atoms with Gasteiger partial charge in [-0.15, -0.1) is 0 Å². The van der Waals surface area contributed by atoms with Gasteiger partial charge in [-0.25, -0.2) is 0 Å². The first kappa shape index (κ1) is 14.7. The van der Waals surface area contributed by atoms with Crippen molar-refractivity contribution in [3.05, 3.63) is 24.0 Å². The Morgan fingerprint density at radius 3 is 2.60 bits per heavy atom. The van der Waals surface area contributed by atoms with Crippen LogP contribution in [0.15, 0.2) is 18.5 Å². The number of aliphatic hydroxyl groups is 1. The molecule has 0 saturated carbocycles. The zero-order valence-corrected chi connectivity index (χ0v) is 11.9. The highest BCUT2D eigenvalue weighted by atomic mass is 16.3. The van der Waals surface area contributed by atoms with E-state index in [-0.39, 0.29) is 11.7 Å². The topological polar surface area (TPSA) is 76.9 Å². The molecule has 1 fully saturated rings. The molecule has 1 aliphatic rings. The van der Waals surface area contributed by atoms with Crippen molar-refractivity contribution in [3.8, 4) is 5.75 Å². The molecule has 0 aromatic carbocycles. The second-order valence-electron chi connectivity index (χ2n) is 5.69. The molecule has 2 rings (SSSR count). The number of carbonyl (C=O) groups excluding carboxylic acids is 1. The van der Waals surface area contributed by atoms with Crippen LogP contribution in [0.3, 0.4) is 0 Å². The predicted molar refractivity (Wildman–Crippen MR) is 74.5 cm³/mol. The molecule has 6 heteroatoms. The van der Waals surface area contributed by atoms with E-state index in [0.29, 0.717) is 38.0 Å². The maximum atomic E-state index is 12.3. The Morgan fingerprint density at radius 2 is 2.05 bits per heavy atom. The number of piperidine rings is 1. The third-order valence-electron chi connectivity index (χ3n) is 3.56. The van der Waals surface area contributed by atoms with Crippen LogP contribution in [0.5, 0.6) is 5.75 Å². The number of carbonyl (C=O) groups is 1. The number of hydrogen-bond acceptors (Lipinski definition) is 5. The number of likely N-dealkylation sites (tertiary alicyclic amines) is 1. The molecule has 0 bridgehead atoms. The molecule has 0 aliphatic carbocycles. The molecule has 0 radical (unpaired) electrons. The highest BCUT2D eigenvalue weighted by Gasteiger charge is 2.34. The van der Waals surface area contributed by atoms with Gasteiger partial charge in [-0.2, -0.15) is 0 Å². The standard InChI is InChI=1S/C14H21N3O3/c1-16(2)10-14(20)3-5-17(6-4-14)13(19)11-7-12(18)9-15-8-11/h7-9,18,20H,3-6,10H2,1-2H3. The van der Waals surface area contributed by atoms with Crippen LogP contribution in [0.25, 0.3) is 0 Å². The number of aromatic hydroxyl groups is 1. The van der Waals surface area contributed by atoms with Crippen molar-refractivity contribution in [2.24, 2.45) is 0 Å². The Hall–Kier alpha value is -1.66. The van der Waals surface area contributed by atoms with E-state index in [4.69, 9.17) is 0 Å². The summed E-state index contributed by atoms with van der Waals surface area (Å²) in [4.78, 5) is 19.7. The summed E-state index contributed by atoms with van der Waals surface area (Å²) >= 11 is 0. The maximum Gasteiger partial charge on any atom is 0.255 e. The first-order valence-corrected chi connectivity index (χ1v) is 6.70. The molecule has 2 heterocycles. The third-order valence-corrected chi connectivity index (χ3v) is 3.56. The number of likely N-dealkylation sites (N-methyl/N-ethyl adjacent to an activating group) is 1. The van der Waals surface area contributed by atoms with Gasteiger partial charge in [0.05, 0.1) is 17.4 Å². The summed E-state index contributed by atoms with van der Waals surface area (Å²) in [5.74, 6) is -0.169. The zero-order chi connectivity index (χ0) is 14.8. The third kappa shape index (κ3) is 3.46. The van der Waals surface area contributed by atoms with Crippen molar-refractivity contribution < 1.29 is 15.0 Å². The lowest BCUT2D eigenvalue weighted by Crippen LogP contribution is -2.51. The van der Waals surface area contributed by atoms with Gasteiger partial charge in [0.15, 0.2) is 0 Å². The molecule has 20 heavy (non-hydrogen) atoms. The number of nitrogens with zero attached hydrogens (tertiary/aromatic N) is 3. The van der Waals surface area contributed by atoms with Crippen LogP contribution in [-0.4, -0.2) is 70.2 Å². The zero-order valence-electron chi connectivity index (χ0n) is 11.9. The fraction of sp³-hybridized carbons (Fsp3) is 0.571. The maximum absolute atomic E-state index is 12.3. The number of amides is 1. The molecule has 6 nitrogen and oxygen atoms in total. The molecule has 1 saturated heterocycles. The van der Waals surface area contributed by atoms with Crippen LogP contribution < -0.4 is 0 Å². The van der Waals surface area contributed by atoms with Crippen molar-refractivity contribution in [2.45, 2.75) is 18.4 Å². The summed E-state index contributed by atoms with van der Waals surface area (Å²) in [6.07, 6.45) is 3.86. The molecule has 0 unspecified atom stereocenters. The molecule has 1 aliphatic heterocycles. The second kappa shape index (κ2) is 5.76. The number of pyridine rings is 1. The van der Waals surface area contributed by atoms with Gasteiger partial charge in [0, 0.05) is 25.8 Å². The Bertz CT molecular complexity index is 482. The van der Waals surface area contributed by atoms with Gasteiger partial charge in [0.1, 0.15) is 5.75 Å². The average Bonchev–Trinajstić information content (AvgIpc) is 2.37. The molecule has 1 amide bonds. The van der Waals surface area contributed by atoms with Crippen molar-refractivity contribution in [2.75, 3.05) is 33.7 Å². The summed E-state index contributed by atoms with van der Waals surface area (Å²) in [5, 5.41) is 19.8. The van der Waals surface area contributed by atoms with Crippen molar-refractivity contribution in [3.63, 3.8) is 0 Å². The van der Waals surface area contributed by atoms with Crippen LogP contribution in [-0.2, 0) is 0 Å². The summed E-state index contributed by atoms with van der Waals surface area (Å²) in [5.41, 5.74) is -0.347. The minimum Gasteiger partial charge on any atom is -0.506 e. The van der Waals surface area contributed by atoms with Gasteiger partial charge in [-0.05, 0) is 33.0 Å². The van der Waals surface area contributed by atoms with Gasteiger partial charge in [-0.3, -0.25) is 9.78 Å². The van der Waals surface area contributed by atoms with E-state index in [1.807, 2.05) is 19.0 Å². The molecular formula is C14H21N3O3. The monoisotopic (exact) mass is 279 g/mol. The highest BCUT2D eigenvalue weighted by molar-refractivity contribution is 5.94. The lowest BCUT2D eigenvalue weighted by atomic mass is 9.90. The van der Waals surface area contributed by atoms with Crippen molar-refractivity contribution in [1.29, 1.82) is 0 Å². The molecule has 1 aromatic heterocycles. The Balaban J connectivity index is 1.98. The Labute approximate surface area is 118 Å². The van der Waals surface area contributed by atoms with Gasteiger partial charge >= 0.3 is 0 Å². The lowest BCUT2D eigenvalue weighted by Gasteiger charge is -2.39. The first-order valence-electron chi connectivity index (χ1n) is 6.70. The minimum absolute atomic E-state index is 0.0167. The largest absolute Gasteiger partial charge is 0.506 e. The predicted octanol–water partition coefficient (Wildman–Crippen LogP) is 0.316. The van der Waals surface area contributed by atoms with Crippen molar-refractivity contribution in [1.82, 2.24) is 14.8 Å². The normalized spacial score (nSPS) is 18.3. The molecule has 2 N–H and O–H groups in total. The minimum atomic E-state index is -0.725. The quantitative estimate of drug-likeness (QED) is 0.833. The van der Waals surface area contributed by atoms with Crippen LogP contribution >= 0.6 is 0 Å². The summed E-state index contributed by atoms with van der Waals surface area (Å²) in [6, 6.07) is 1.41. The van der Waals surface area contributed by atoms with E-state index in [9.17, 15) is 15.0 Å². The highest BCUT2D eigenvalue weighted by Crippen LogP contribution is 2.24. The number of rotatable bonds is 3. The molecule has 0 atom stereocenters. The SMILES string of the molecule is CN(C)CC1(O)CCN(C(=O)c2cncc(O)c2)CC1. The van der Waals surface area contributed by atoms with Gasteiger partial charge in [-0.1, -0.05) is 0 Å². The van der Waals surface area contributed by atoms with E-state index < -0.39 is 5.60 Å². The van der Waals surface area contributed by atoms with Gasteiger partial charge in [0.2, 0.25) is 0 Å². The van der Waals surface area contributed by atoms with Crippen LogP contribution in [0, 0.1) is 0 Å². The van der Waals surface area contributed by atoms with E-state index >= 15 is 0 Å². The van der Waals surface area contributed by atoms with E-state index in [2.05, 4.69) is 4.98 Å². The smallest absolute Gasteiger partial charge is 0.255 e. The van der Waals surface area contributed by atoms with Gasteiger partial charge < -0.3 is 20.0 Å². The van der Waals surface area contributed by atoms with Crippen molar-refractivity contribution >= 4 is 5.91 Å². The Morgan fingerprint density at radius 1 is 1.40 bits per heavy atom. The van der Waals surface area contributed by atoms with E-state index in [1.54, 1.807) is 4.90 Å². The van der Waals surface area contributed by atoms with E-state index in [1.165, 1.54) is 18.5 Å². The summed E-state index contributed by atoms with van der Waals surface area (Å²) in [7, 11) is 3.85. The van der Waals surface area contributed by atoms with Crippen LogP contribution in [0.2, 0.25) is 0 Å². The fourth-order valence-electron chi connectivity index (χ4n) is 2.60. The van der Waals surface area contributed by atoms with Crippen LogP contribution in [0.4, 0.5) is 0 Å². The van der Waals surface area contributed by atoms with Crippen LogP contribution in [0.1, 0.15) is 23.2 Å². The second-order valence-corrected chi connectivity index (χ2v) is 5.69. The molecular weight excluding hydrogens is 258 g/mol. The number of hydrogen-bond donors (Lipinski definition) is 2. The van der Waals surface area contributed by atoms with Gasteiger partial charge in [0.25, 0.3) is 5.91 Å². The molecule has 1 aromatic rings. The summed E-state index contributed by atoms with van der Waals surface area (Å²) in [6.45, 7) is 1.63. The molecule has 110 valence electrons. The molecule has 0 spiro atoms. The van der Waals surface area contributed by atoms with E-state index in [0.717, 1.165) is 0 Å². The Kier molecular flexibility index (Phi) is 4.25. The summed E-state index contributed by atoms with van der Waals surface area (Å²) < 4.78 is 0. The lowest BCUT2D eigenvalue weighted by molar-refractivity contribution is -0.0324. The average molecular weight is 279 g/mol.